The van der Waals surface area contributed by atoms with Gasteiger partial charge in [0.15, 0.2) is 0 Å². The maximum absolute atomic E-state index is 5.13. The molecule has 2 rings (SSSR count). The molecular weight excluding hydrogens is 282 g/mol. The number of ether oxygens (including phenoxy) is 1. The van der Waals surface area contributed by atoms with Crippen molar-refractivity contribution in [3.05, 3.63) is 16.4 Å². The number of methoxy groups -OCH3 is 1. The maximum atomic E-state index is 5.13. The van der Waals surface area contributed by atoms with Crippen LogP contribution in [0.3, 0.4) is 0 Å². The molecule has 0 bridgehead atoms. The zero-order valence-electron chi connectivity index (χ0n) is 10.4. The van der Waals surface area contributed by atoms with Gasteiger partial charge in [-0.1, -0.05) is 6.42 Å². The van der Waals surface area contributed by atoms with Crippen molar-refractivity contribution in [3.8, 4) is 0 Å². The normalized spacial score (nSPS) is 18.1. The van der Waals surface area contributed by atoms with Crippen molar-refractivity contribution in [2.45, 2.75) is 31.8 Å². The van der Waals surface area contributed by atoms with Gasteiger partial charge < -0.3 is 10.1 Å². The Hall–Kier alpha value is -0.390. The Labute approximate surface area is 111 Å². The zero-order chi connectivity index (χ0) is 12.3. The van der Waals surface area contributed by atoms with Crippen molar-refractivity contribution in [1.29, 1.82) is 0 Å². The average Bonchev–Trinajstić information content (AvgIpc) is 2.62. The highest BCUT2D eigenvalue weighted by atomic mass is 79.9. The first-order valence-corrected chi connectivity index (χ1v) is 6.94. The van der Waals surface area contributed by atoms with Crippen molar-refractivity contribution >= 4 is 15.9 Å². The number of halogens is 1. The minimum Gasteiger partial charge on any atom is -0.383 e. The second-order valence-electron chi connectivity index (χ2n) is 4.55. The summed E-state index contributed by atoms with van der Waals surface area (Å²) in [7, 11) is 3.75. The van der Waals surface area contributed by atoms with Crippen LogP contribution in [0.1, 0.15) is 31.0 Å². The third-order valence-corrected chi connectivity index (χ3v) is 4.18. The third-order valence-electron chi connectivity index (χ3n) is 3.57. The Morgan fingerprint density at radius 1 is 1.65 bits per heavy atom. The van der Waals surface area contributed by atoms with Gasteiger partial charge in [0.25, 0.3) is 0 Å². The van der Waals surface area contributed by atoms with Crippen molar-refractivity contribution in [2.24, 2.45) is 5.92 Å². The van der Waals surface area contributed by atoms with Crippen molar-refractivity contribution in [2.75, 3.05) is 20.8 Å². The summed E-state index contributed by atoms with van der Waals surface area (Å²) in [5, 5.41) is 7.85. The molecule has 1 atom stereocenters. The van der Waals surface area contributed by atoms with Crippen LogP contribution in [0, 0.1) is 5.92 Å². The summed E-state index contributed by atoms with van der Waals surface area (Å²) in [4.78, 5) is 0. The summed E-state index contributed by atoms with van der Waals surface area (Å²) in [6.07, 6.45) is 5.86. The highest BCUT2D eigenvalue weighted by molar-refractivity contribution is 9.10. The second-order valence-corrected chi connectivity index (χ2v) is 5.41. The largest absolute Gasteiger partial charge is 0.383 e. The topological polar surface area (TPSA) is 39.1 Å². The second kappa shape index (κ2) is 5.98. The summed E-state index contributed by atoms with van der Waals surface area (Å²) < 4.78 is 8.27. The predicted octanol–water partition coefficient (Wildman–Crippen LogP) is 2.35. The molecule has 4 nitrogen and oxygen atoms in total. The first-order valence-electron chi connectivity index (χ1n) is 6.15. The average molecular weight is 302 g/mol. The zero-order valence-corrected chi connectivity index (χ0v) is 12.0. The van der Waals surface area contributed by atoms with Crippen LogP contribution in [0.15, 0.2) is 10.7 Å². The molecule has 0 amide bonds. The molecule has 1 aromatic heterocycles. The Balaban J connectivity index is 2.18. The molecule has 0 spiro atoms. The minimum atomic E-state index is 0.400. The highest BCUT2D eigenvalue weighted by Crippen LogP contribution is 2.39. The standard InChI is InChI=1S/C12H20BrN3O/c1-14-11(9-4-3-5-9)12-10(13)8-15-16(12)6-7-17-2/h8-9,11,14H,3-7H2,1-2H3. The van der Waals surface area contributed by atoms with Gasteiger partial charge in [-0.15, -0.1) is 0 Å². The molecule has 17 heavy (non-hydrogen) atoms. The van der Waals surface area contributed by atoms with E-state index >= 15 is 0 Å². The molecule has 1 aromatic rings. The molecule has 1 heterocycles. The van der Waals surface area contributed by atoms with Gasteiger partial charge in [-0.05, 0) is 41.7 Å². The van der Waals surface area contributed by atoms with Crippen LogP contribution >= 0.6 is 15.9 Å². The third kappa shape index (κ3) is 2.72. The molecule has 0 saturated heterocycles. The summed E-state index contributed by atoms with van der Waals surface area (Å²) in [6, 6.07) is 0.400. The van der Waals surface area contributed by atoms with Gasteiger partial charge in [0.05, 0.1) is 35.6 Å². The molecular formula is C12H20BrN3O. The molecule has 1 saturated carbocycles. The number of hydrogen-bond donors (Lipinski definition) is 1. The molecule has 0 aliphatic heterocycles. The lowest BCUT2D eigenvalue weighted by atomic mass is 9.78. The van der Waals surface area contributed by atoms with E-state index in [9.17, 15) is 0 Å². The van der Waals surface area contributed by atoms with E-state index in [1.54, 1.807) is 7.11 Å². The van der Waals surface area contributed by atoms with Crippen LogP contribution in [0.25, 0.3) is 0 Å². The van der Waals surface area contributed by atoms with Crippen molar-refractivity contribution in [1.82, 2.24) is 15.1 Å². The monoisotopic (exact) mass is 301 g/mol. The fraction of sp³-hybridized carbons (Fsp3) is 0.750. The maximum Gasteiger partial charge on any atom is 0.0699 e. The highest BCUT2D eigenvalue weighted by Gasteiger charge is 2.31. The van der Waals surface area contributed by atoms with Crippen molar-refractivity contribution < 1.29 is 4.74 Å². The molecule has 1 unspecified atom stereocenters. The molecule has 0 radical (unpaired) electrons. The molecule has 5 heteroatoms. The fourth-order valence-electron chi connectivity index (χ4n) is 2.41. The van der Waals surface area contributed by atoms with E-state index < -0.39 is 0 Å². The summed E-state index contributed by atoms with van der Waals surface area (Å²) in [5.41, 5.74) is 1.26. The molecule has 1 fully saturated rings. The fourth-order valence-corrected chi connectivity index (χ4v) is 2.95. The van der Waals surface area contributed by atoms with Crippen LogP contribution in [0.4, 0.5) is 0 Å². The van der Waals surface area contributed by atoms with Gasteiger partial charge in [-0.25, -0.2) is 0 Å². The first kappa shape index (κ1) is 13.1. The van der Waals surface area contributed by atoms with Gasteiger partial charge in [0.1, 0.15) is 0 Å². The van der Waals surface area contributed by atoms with Gasteiger partial charge in [0, 0.05) is 7.11 Å². The minimum absolute atomic E-state index is 0.400. The summed E-state index contributed by atoms with van der Waals surface area (Å²) >= 11 is 3.61. The van der Waals surface area contributed by atoms with E-state index in [0.29, 0.717) is 12.6 Å². The van der Waals surface area contributed by atoms with Crippen LogP contribution in [0.5, 0.6) is 0 Å². The Bertz CT molecular complexity index is 363. The number of nitrogens with one attached hydrogen (secondary N) is 1. The number of nitrogens with zero attached hydrogens (tertiary/aromatic N) is 2. The van der Waals surface area contributed by atoms with Crippen LogP contribution in [-0.2, 0) is 11.3 Å². The SMILES string of the molecule is CNC(c1c(Br)cnn1CCOC)C1CCC1. The summed E-state index contributed by atoms with van der Waals surface area (Å²) in [6.45, 7) is 1.50. The predicted molar refractivity (Wildman–Crippen MR) is 70.9 cm³/mol. The van der Waals surface area contributed by atoms with Crippen LogP contribution in [-0.4, -0.2) is 30.5 Å². The van der Waals surface area contributed by atoms with Crippen LogP contribution in [0.2, 0.25) is 0 Å². The van der Waals surface area contributed by atoms with E-state index in [-0.39, 0.29) is 0 Å². The lowest BCUT2D eigenvalue weighted by Crippen LogP contribution is -2.32. The smallest absolute Gasteiger partial charge is 0.0699 e. The van der Waals surface area contributed by atoms with E-state index in [1.807, 2.05) is 17.9 Å². The molecule has 1 aliphatic rings. The lowest BCUT2D eigenvalue weighted by Gasteiger charge is -2.34. The molecule has 0 aromatic carbocycles. The number of rotatable bonds is 6. The lowest BCUT2D eigenvalue weighted by molar-refractivity contribution is 0.177. The molecule has 96 valence electrons. The molecule has 1 N–H and O–H groups in total. The van der Waals surface area contributed by atoms with Gasteiger partial charge in [-0.3, -0.25) is 4.68 Å². The van der Waals surface area contributed by atoms with Gasteiger partial charge >= 0.3 is 0 Å². The van der Waals surface area contributed by atoms with E-state index in [2.05, 4.69) is 26.3 Å². The Morgan fingerprint density at radius 2 is 2.41 bits per heavy atom. The Morgan fingerprint density at radius 3 is 2.94 bits per heavy atom. The first-order chi connectivity index (χ1) is 8.27. The van der Waals surface area contributed by atoms with Crippen LogP contribution < -0.4 is 5.32 Å². The van der Waals surface area contributed by atoms with E-state index in [1.165, 1.54) is 25.0 Å². The van der Waals surface area contributed by atoms with E-state index in [0.717, 1.165) is 16.9 Å². The van der Waals surface area contributed by atoms with Gasteiger partial charge in [-0.2, -0.15) is 5.10 Å². The van der Waals surface area contributed by atoms with E-state index in [4.69, 9.17) is 4.74 Å². The summed E-state index contributed by atoms with van der Waals surface area (Å²) in [5.74, 6) is 0.745. The van der Waals surface area contributed by atoms with Gasteiger partial charge in [0.2, 0.25) is 0 Å². The number of aromatic nitrogens is 2. The Kier molecular flexibility index (Phi) is 4.59. The van der Waals surface area contributed by atoms with Crippen molar-refractivity contribution in [3.63, 3.8) is 0 Å². The number of hydrogen-bond acceptors (Lipinski definition) is 3. The quantitative estimate of drug-likeness (QED) is 0.877. The molecule has 1 aliphatic carbocycles.